The molecule has 3 nitrogen and oxygen atoms in total. The van der Waals surface area contributed by atoms with Gasteiger partial charge in [-0.3, -0.25) is 0 Å². The van der Waals surface area contributed by atoms with E-state index in [9.17, 15) is 5.11 Å². The fourth-order valence-corrected chi connectivity index (χ4v) is 1.54. The van der Waals surface area contributed by atoms with Crippen LogP contribution in [0.25, 0.3) is 0 Å². The van der Waals surface area contributed by atoms with Crippen LogP contribution in [-0.4, -0.2) is 30.4 Å². The number of nitrogens with one attached hydrogen (secondary N) is 1. The Kier molecular flexibility index (Phi) is 5.92. The first-order valence-electron chi connectivity index (χ1n) is 5.79. The summed E-state index contributed by atoms with van der Waals surface area (Å²) in [5.74, 6) is 0. The van der Waals surface area contributed by atoms with Crippen LogP contribution in [-0.2, 0) is 11.3 Å². The number of hydrogen-bond acceptors (Lipinski definition) is 3. The molecular formula is C13H20ClNO2. The minimum Gasteiger partial charge on any atom is -0.386 e. The van der Waals surface area contributed by atoms with Gasteiger partial charge in [0.15, 0.2) is 0 Å². The third-order valence-electron chi connectivity index (χ3n) is 2.35. The third-order valence-corrected chi connectivity index (χ3v) is 2.60. The highest BCUT2D eigenvalue weighted by Crippen LogP contribution is 2.11. The van der Waals surface area contributed by atoms with Gasteiger partial charge < -0.3 is 15.2 Å². The molecule has 0 aromatic heterocycles. The summed E-state index contributed by atoms with van der Waals surface area (Å²) in [6, 6.07) is 7.50. The fraction of sp³-hybridized carbons (Fsp3) is 0.538. The van der Waals surface area contributed by atoms with Crippen LogP contribution >= 0.6 is 11.6 Å². The normalized spacial score (nSPS) is 14.6. The molecule has 1 aromatic rings. The number of rotatable bonds is 7. The van der Waals surface area contributed by atoms with Gasteiger partial charge in [-0.1, -0.05) is 30.7 Å². The molecule has 1 atom stereocenters. The fourth-order valence-electron chi connectivity index (χ4n) is 1.41. The molecule has 0 radical (unpaired) electrons. The van der Waals surface area contributed by atoms with Crippen molar-refractivity contribution in [1.29, 1.82) is 0 Å². The molecule has 17 heavy (non-hydrogen) atoms. The molecule has 2 N–H and O–H groups in total. The van der Waals surface area contributed by atoms with E-state index in [-0.39, 0.29) is 0 Å². The van der Waals surface area contributed by atoms with Crippen LogP contribution in [0.2, 0.25) is 5.02 Å². The van der Waals surface area contributed by atoms with E-state index < -0.39 is 5.60 Å². The van der Waals surface area contributed by atoms with Crippen LogP contribution < -0.4 is 5.32 Å². The monoisotopic (exact) mass is 257 g/mol. The smallest absolute Gasteiger partial charge is 0.0975 e. The van der Waals surface area contributed by atoms with Crippen molar-refractivity contribution in [3.63, 3.8) is 0 Å². The Balaban J connectivity index is 2.29. The molecule has 0 bridgehead atoms. The van der Waals surface area contributed by atoms with Gasteiger partial charge in [-0.15, -0.1) is 0 Å². The second kappa shape index (κ2) is 6.97. The van der Waals surface area contributed by atoms with Gasteiger partial charge in [0.25, 0.3) is 0 Å². The quantitative estimate of drug-likeness (QED) is 0.787. The predicted octanol–water partition coefficient (Wildman–Crippen LogP) is 2.22. The zero-order chi connectivity index (χ0) is 12.7. The average molecular weight is 258 g/mol. The molecule has 1 aromatic carbocycles. The van der Waals surface area contributed by atoms with Gasteiger partial charge in [-0.05, 0) is 31.2 Å². The molecule has 0 amide bonds. The lowest BCUT2D eigenvalue weighted by Crippen LogP contribution is -2.41. The first kappa shape index (κ1) is 14.5. The second-order valence-electron chi connectivity index (χ2n) is 4.40. The molecule has 4 heteroatoms. The van der Waals surface area contributed by atoms with Crippen molar-refractivity contribution in [3.8, 4) is 0 Å². The summed E-state index contributed by atoms with van der Waals surface area (Å²) in [6.45, 7) is 5.93. The SMILES string of the molecule is CCNCC(C)(O)COCc1ccc(Cl)cc1. The van der Waals surface area contributed by atoms with Crippen molar-refractivity contribution in [1.82, 2.24) is 5.32 Å². The Bertz CT molecular complexity index is 325. The van der Waals surface area contributed by atoms with E-state index in [0.717, 1.165) is 12.1 Å². The second-order valence-corrected chi connectivity index (χ2v) is 4.83. The summed E-state index contributed by atoms with van der Waals surface area (Å²) in [6.07, 6.45) is 0. The molecular weight excluding hydrogens is 238 g/mol. The van der Waals surface area contributed by atoms with Gasteiger partial charge >= 0.3 is 0 Å². The minimum atomic E-state index is -0.831. The summed E-state index contributed by atoms with van der Waals surface area (Å²) in [5.41, 5.74) is 0.219. The Morgan fingerprint density at radius 2 is 2.00 bits per heavy atom. The molecule has 0 aliphatic rings. The summed E-state index contributed by atoms with van der Waals surface area (Å²) in [4.78, 5) is 0. The topological polar surface area (TPSA) is 41.5 Å². The summed E-state index contributed by atoms with van der Waals surface area (Å²) >= 11 is 5.79. The summed E-state index contributed by atoms with van der Waals surface area (Å²) in [7, 11) is 0. The van der Waals surface area contributed by atoms with Crippen molar-refractivity contribution < 1.29 is 9.84 Å². The highest BCUT2D eigenvalue weighted by molar-refractivity contribution is 6.30. The van der Waals surface area contributed by atoms with Gasteiger partial charge in [0.2, 0.25) is 0 Å². The molecule has 0 spiro atoms. The van der Waals surface area contributed by atoms with E-state index in [1.54, 1.807) is 6.92 Å². The van der Waals surface area contributed by atoms with Gasteiger partial charge in [-0.25, -0.2) is 0 Å². The molecule has 0 aliphatic heterocycles. The molecule has 0 fully saturated rings. The van der Waals surface area contributed by atoms with Crippen molar-refractivity contribution in [3.05, 3.63) is 34.9 Å². The summed E-state index contributed by atoms with van der Waals surface area (Å²) < 4.78 is 5.49. The van der Waals surface area contributed by atoms with E-state index >= 15 is 0 Å². The van der Waals surface area contributed by atoms with Crippen LogP contribution in [0.3, 0.4) is 0 Å². The van der Waals surface area contributed by atoms with E-state index in [4.69, 9.17) is 16.3 Å². The Labute approximate surface area is 108 Å². The van der Waals surface area contributed by atoms with Gasteiger partial charge in [-0.2, -0.15) is 0 Å². The van der Waals surface area contributed by atoms with E-state index in [1.807, 2.05) is 31.2 Å². The Morgan fingerprint density at radius 1 is 1.35 bits per heavy atom. The molecule has 0 saturated carbocycles. The van der Waals surface area contributed by atoms with Crippen LogP contribution in [0.15, 0.2) is 24.3 Å². The molecule has 0 aliphatic carbocycles. The molecule has 0 saturated heterocycles. The zero-order valence-electron chi connectivity index (χ0n) is 10.4. The average Bonchev–Trinajstić information content (AvgIpc) is 2.29. The number of halogens is 1. The Morgan fingerprint density at radius 3 is 2.59 bits per heavy atom. The molecule has 1 unspecified atom stereocenters. The van der Waals surface area contributed by atoms with Crippen molar-refractivity contribution in [2.24, 2.45) is 0 Å². The zero-order valence-corrected chi connectivity index (χ0v) is 11.1. The molecule has 0 heterocycles. The number of likely N-dealkylation sites (N-methyl/N-ethyl adjacent to an activating group) is 1. The first-order valence-corrected chi connectivity index (χ1v) is 6.16. The third kappa shape index (κ3) is 6.03. The van der Waals surface area contributed by atoms with Crippen LogP contribution in [0.4, 0.5) is 0 Å². The maximum atomic E-state index is 9.96. The Hall–Kier alpha value is -0.610. The standard InChI is InChI=1S/C13H20ClNO2/c1-3-15-9-13(2,16)10-17-8-11-4-6-12(14)7-5-11/h4-7,15-16H,3,8-10H2,1-2H3. The number of hydrogen-bond donors (Lipinski definition) is 2. The van der Waals surface area contributed by atoms with E-state index in [1.165, 1.54) is 0 Å². The van der Waals surface area contributed by atoms with Crippen molar-refractivity contribution in [2.75, 3.05) is 19.7 Å². The number of aliphatic hydroxyl groups is 1. The lowest BCUT2D eigenvalue weighted by Gasteiger charge is -2.23. The number of benzene rings is 1. The maximum absolute atomic E-state index is 9.96. The van der Waals surface area contributed by atoms with Crippen molar-refractivity contribution >= 4 is 11.6 Å². The lowest BCUT2D eigenvalue weighted by molar-refractivity contribution is -0.0377. The highest BCUT2D eigenvalue weighted by Gasteiger charge is 2.19. The van der Waals surface area contributed by atoms with Crippen molar-refractivity contribution in [2.45, 2.75) is 26.1 Å². The van der Waals surface area contributed by atoms with Crippen LogP contribution in [0, 0.1) is 0 Å². The molecule has 1 rings (SSSR count). The van der Waals surface area contributed by atoms with Crippen LogP contribution in [0.5, 0.6) is 0 Å². The minimum absolute atomic E-state index is 0.308. The predicted molar refractivity (Wildman–Crippen MR) is 70.3 cm³/mol. The lowest BCUT2D eigenvalue weighted by atomic mass is 10.1. The highest BCUT2D eigenvalue weighted by atomic mass is 35.5. The van der Waals surface area contributed by atoms with Gasteiger partial charge in [0, 0.05) is 11.6 Å². The van der Waals surface area contributed by atoms with E-state index in [2.05, 4.69) is 5.32 Å². The largest absolute Gasteiger partial charge is 0.386 e. The van der Waals surface area contributed by atoms with E-state index in [0.29, 0.717) is 24.8 Å². The summed E-state index contributed by atoms with van der Waals surface area (Å²) in [5, 5.41) is 13.8. The number of ether oxygens (including phenoxy) is 1. The molecule has 96 valence electrons. The maximum Gasteiger partial charge on any atom is 0.0975 e. The van der Waals surface area contributed by atoms with Crippen LogP contribution in [0.1, 0.15) is 19.4 Å². The van der Waals surface area contributed by atoms with Gasteiger partial charge in [0.05, 0.1) is 18.8 Å². The van der Waals surface area contributed by atoms with Gasteiger partial charge in [0.1, 0.15) is 0 Å². The first-order chi connectivity index (χ1) is 8.03.